The van der Waals surface area contributed by atoms with Gasteiger partial charge in [-0.3, -0.25) is 10.3 Å². The van der Waals surface area contributed by atoms with Gasteiger partial charge in [0.15, 0.2) is 0 Å². The van der Waals surface area contributed by atoms with Gasteiger partial charge < -0.3 is 5.73 Å². The summed E-state index contributed by atoms with van der Waals surface area (Å²) >= 11 is 0. The summed E-state index contributed by atoms with van der Waals surface area (Å²) in [6.07, 6.45) is 0. The van der Waals surface area contributed by atoms with Crippen LogP contribution in [0.5, 0.6) is 0 Å². The molecule has 3 nitrogen and oxygen atoms in total. The van der Waals surface area contributed by atoms with Gasteiger partial charge in [0.1, 0.15) is 11.7 Å². The molecule has 0 bridgehead atoms. The Labute approximate surface area is 124 Å². The van der Waals surface area contributed by atoms with Gasteiger partial charge in [-0.15, -0.1) is 0 Å². The second-order valence-corrected chi connectivity index (χ2v) is 5.36. The van der Waals surface area contributed by atoms with Crippen molar-refractivity contribution < 1.29 is 4.39 Å². The molecule has 0 amide bonds. The van der Waals surface area contributed by atoms with Crippen molar-refractivity contribution in [2.24, 2.45) is 5.73 Å². The number of nitrogens with zero attached hydrogens (tertiary/aromatic N) is 1. The Morgan fingerprint density at radius 2 is 1.95 bits per heavy atom. The summed E-state index contributed by atoms with van der Waals surface area (Å²) in [4.78, 5) is 2.13. The first-order valence-electron chi connectivity index (χ1n) is 6.82. The average Bonchev–Trinajstić information content (AvgIpc) is 2.40. The van der Waals surface area contributed by atoms with Gasteiger partial charge in [0.05, 0.1) is 0 Å². The molecule has 4 heteroatoms. The molecule has 0 aliphatic rings. The maximum atomic E-state index is 13.2. The average molecular weight is 285 g/mol. The van der Waals surface area contributed by atoms with Crippen molar-refractivity contribution in [2.45, 2.75) is 20.0 Å². The van der Waals surface area contributed by atoms with E-state index in [0.29, 0.717) is 6.54 Å². The number of nitrogens with two attached hydrogens (primary N) is 1. The molecule has 2 aromatic carbocycles. The highest BCUT2D eigenvalue weighted by molar-refractivity contribution is 5.95. The van der Waals surface area contributed by atoms with Crippen LogP contribution in [0.2, 0.25) is 0 Å². The van der Waals surface area contributed by atoms with Crippen LogP contribution in [0.25, 0.3) is 0 Å². The van der Waals surface area contributed by atoms with Gasteiger partial charge in [0, 0.05) is 18.7 Å². The lowest BCUT2D eigenvalue weighted by Gasteiger charge is -2.18. The monoisotopic (exact) mass is 285 g/mol. The van der Waals surface area contributed by atoms with E-state index in [9.17, 15) is 4.39 Å². The van der Waals surface area contributed by atoms with Crippen molar-refractivity contribution in [3.05, 3.63) is 70.5 Å². The predicted octanol–water partition coefficient (Wildman–Crippen LogP) is 3.05. The van der Waals surface area contributed by atoms with E-state index in [-0.39, 0.29) is 11.7 Å². The Morgan fingerprint density at radius 3 is 2.57 bits per heavy atom. The molecule has 0 aromatic heterocycles. The lowest BCUT2D eigenvalue weighted by Crippen LogP contribution is -2.18. The van der Waals surface area contributed by atoms with E-state index in [1.165, 1.54) is 11.6 Å². The van der Waals surface area contributed by atoms with Crippen molar-refractivity contribution in [1.82, 2.24) is 4.90 Å². The Bertz CT molecular complexity index is 652. The zero-order chi connectivity index (χ0) is 15.4. The molecule has 110 valence electrons. The quantitative estimate of drug-likeness (QED) is 0.655. The summed E-state index contributed by atoms with van der Waals surface area (Å²) < 4.78 is 13.2. The van der Waals surface area contributed by atoms with E-state index in [1.54, 1.807) is 12.1 Å². The second kappa shape index (κ2) is 6.50. The molecule has 0 atom stereocenters. The summed E-state index contributed by atoms with van der Waals surface area (Å²) in [5, 5.41) is 7.44. The highest BCUT2D eigenvalue weighted by Gasteiger charge is 2.06. The first-order valence-corrected chi connectivity index (χ1v) is 6.82. The minimum atomic E-state index is -0.206. The fraction of sp³-hybridized carbons (Fsp3) is 0.235. The molecular formula is C17H20FN3. The number of hydrogen-bond donors (Lipinski definition) is 2. The molecule has 2 aromatic rings. The highest BCUT2D eigenvalue weighted by atomic mass is 19.1. The molecule has 0 unspecified atom stereocenters. The van der Waals surface area contributed by atoms with Crippen molar-refractivity contribution >= 4 is 5.84 Å². The third kappa shape index (κ3) is 4.13. The Morgan fingerprint density at radius 1 is 1.19 bits per heavy atom. The van der Waals surface area contributed by atoms with Crippen LogP contribution >= 0.6 is 0 Å². The summed E-state index contributed by atoms with van der Waals surface area (Å²) in [6.45, 7) is 3.46. The first kappa shape index (κ1) is 15.2. The topological polar surface area (TPSA) is 53.1 Å². The number of rotatable bonds is 5. The molecule has 2 rings (SSSR count). The molecule has 0 aliphatic carbocycles. The predicted molar refractivity (Wildman–Crippen MR) is 83.8 cm³/mol. The van der Waals surface area contributed by atoms with E-state index in [4.69, 9.17) is 11.1 Å². The van der Waals surface area contributed by atoms with Crippen LogP contribution in [0.4, 0.5) is 4.39 Å². The molecule has 0 heterocycles. The number of halogens is 1. The number of amidine groups is 1. The molecule has 0 aliphatic heterocycles. The molecule has 0 saturated carbocycles. The largest absolute Gasteiger partial charge is 0.384 e. The van der Waals surface area contributed by atoms with E-state index in [2.05, 4.69) is 4.90 Å². The Balaban J connectivity index is 2.06. The third-order valence-corrected chi connectivity index (χ3v) is 3.44. The summed E-state index contributed by atoms with van der Waals surface area (Å²) in [6, 6.07) is 12.4. The summed E-state index contributed by atoms with van der Waals surface area (Å²) in [7, 11) is 2.00. The molecule has 0 saturated heterocycles. The molecule has 3 N–H and O–H groups in total. The van der Waals surface area contributed by atoms with Crippen LogP contribution in [-0.2, 0) is 13.1 Å². The van der Waals surface area contributed by atoms with Gasteiger partial charge in [-0.1, -0.05) is 24.3 Å². The molecule has 0 spiro atoms. The summed E-state index contributed by atoms with van der Waals surface area (Å²) in [5.41, 5.74) is 9.47. The summed E-state index contributed by atoms with van der Waals surface area (Å²) in [5.74, 6) is -0.124. The van der Waals surface area contributed by atoms with E-state index >= 15 is 0 Å². The van der Waals surface area contributed by atoms with Gasteiger partial charge in [0.25, 0.3) is 0 Å². The number of aryl methyl sites for hydroxylation is 1. The molecule has 21 heavy (non-hydrogen) atoms. The standard InChI is InChI=1S/C17H20FN3/c1-12-8-14(17(19)20)6-7-15(12)11-21(2)10-13-4-3-5-16(18)9-13/h3-9H,10-11H2,1-2H3,(H3,19,20). The van der Waals surface area contributed by atoms with Crippen LogP contribution in [0.3, 0.4) is 0 Å². The maximum Gasteiger partial charge on any atom is 0.123 e. The fourth-order valence-electron chi connectivity index (χ4n) is 2.33. The minimum Gasteiger partial charge on any atom is -0.384 e. The lowest BCUT2D eigenvalue weighted by atomic mass is 10.0. The molecule has 0 fully saturated rings. The van der Waals surface area contributed by atoms with Gasteiger partial charge in [-0.2, -0.15) is 0 Å². The number of nitrogens with one attached hydrogen (secondary N) is 1. The SMILES string of the molecule is Cc1cc(C(=N)N)ccc1CN(C)Cc1cccc(F)c1. The van der Waals surface area contributed by atoms with Crippen molar-refractivity contribution in [1.29, 1.82) is 5.41 Å². The normalized spacial score (nSPS) is 10.9. The van der Waals surface area contributed by atoms with Crippen molar-refractivity contribution in [2.75, 3.05) is 7.05 Å². The molecule has 0 radical (unpaired) electrons. The number of benzene rings is 2. The van der Waals surface area contributed by atoms with Crippen LogP contribution in [0.1, 0.15) is 22.3 Å². The lowest BCUT2D eigenvalue weighted by molar-refractivity contribution is 0.318. The Kier molecular flexibility index (Phi) is 4.70. The van der Waals surface area contributed by atoms with Gasteiger partial charge >= 0.3 is 0 Å². The number of hydrogen-bond acceptors (Lipinski definition) is 2. The zero-order valence-corrected chi connectivity index (χ0v) is 12.4. The van der Waals surface area contributed by atoms with E-state index in [1.807, 2.05) is 38.2 Å². The van der Waals surface area contributed by atoms with Crippen LogP contribution in [0.15, 0.2) is 42.5 Å². The van der Waals surface area contributed by atoms with Crippen molar-refractivity contribution in [3.63, 3.8) is 0 Å². The zero-order valence-electron chi connectivity index (χ0n) is 12.4. The van der Waals surface area contributed by atoms with Gasteiger partial charge in [-0.05, 0) is 48.9 Å². The number of nitrogen functional groups attached to an aromatic ring is 1. The van der Waals surface area contributed by atoms with Gasteiger partial charge in [-0.25, -0.2) is 4.39 Å². The van der Waals surface area contributed by atoms with E-state index in [0.717, 1.165) is 23.2 Å². The fourth-order valence-corrected chi connectivity index (χ4v) is 2.33. The smallest absolute Gasteiger partial charge is 0.123 e. The van der Waals surface area contributed by atoms with Crippen LogP contribution in [0, 0.1) is 18.2 Å². The Hall–Kier alpha value is -2.20. The highest BCUT2D eigenvalue weighted by Crippen LogP contribution is 2.14. The third-order valence-electron chi connectivity index (χ3n) is 3.44. The van der Waals surface area contributed by atoms with E-state index < -0.39 is 0 Å². The maximum absolute atomic E-state index is 13.2. The van der Waals surface area contributed by atoms with Gasteiger partial charge in [0.2, 0.25) is 0 Å². The molecular weight excluding hydrogens is 265 g/mol. The first-order chi connectivity index (χ1) is 9.95. The van der Waals surface area contributed by atoms with Crippen molar-refractivity contribution in [3.8, 4) is 0 Å². The van der Waals surface area contributed by atoms with Crippen LogP contribution < -0.4 is 5.73 Å². The van der Waals surface area contributed by atoms with Crippen LogP contribution in [-0.4, -0.2) is 17.8 Å². The minimum absolute atomic E-state index is 0.0813. The second-order valence-electron chi connectivity index (χ2n) is 5.36.